The van der Waals surface area contributed by atoms with Gasteiger partial charge in [0.1, 0.15) is 5.82 Å². The minimum Gasteiger partial charge on any atom is -0.404 e. The number of aliphatic hydroxyl groups is 1. The minimum absolute atomic E-state index is 0.226. The van der Waals surface area contributed by atoms with E-state index in [-0.39, 0.29) is 18.3 Å². The first-order valence-corrected chi connectivity index (χ1v) is 11.5. The number of benzene rings is 1. The standard InChI is InChI=1S/C25H36N6O2/c1-17(2)25(4,22-7-5-20(6-8-22)21(15-26)16-28-18(3)27)23-29-24(33-30-23)31-12-9-19(10-13-31)11-14-32/h5-8,15-17,19,32H,3,9-14,26-27H2,1-2,4H3/b21-15+,28-16-. The molecule has 33 heavy (non-hydrogen) atoms. The summed E-state index contributed by atoms with van der Waals surface area (Å²) in [4.78, 5) is 11.0. The fourth-order valence-electron chi connectivity index (χ4n) is 4.25. The molecule has 1 fully saturated rings. The van der Waals surface area contributed by atoms with Crippen molar-refractivity contribution in [2.45, 2.75) is 45.4 Å². The molecule has 3 rings (SSSR count). The number of piperidine rings is 1. The Kier molecular flexibility index (Phi) is 7.92. The number of aliphatic hydroxyl groups excluding tert-OH is 1. The third-order valence-corrected chi connectivity index (χ3v) is 6.82. The van der Waals surface area contributed by atoms with Crippen molar-refractivity contribution in [3.05, 3.63) is 59.8 Å². The summed E-state index contributed by atoms with van der Waals surface area (Å²) in [5.41, 5.74) is 13.7. The van der Waals surface area contributed by atoms with E-state index in [9.17, 15) is 5.11 Å². The summed E-state index contributed by atoms with van der Waals surface area (Å²) >= 11 is 0. The summed E-state index contributed by atoms with van der Waals surface area (Å²) < 4.78 is 5.70. The summed E-state index contributed by atoms with van der Waals surface area (Å²) in [5, 5.41) is 13.6. The number of nitrogens with two attached hydrogens (primary N) is 2. The predicted octanol–water partition coefficient (Wildman–Crippen LogP) is 3.43. The molecule has 0 radical (unpaired) electrons. The third-order valence-electron chi connectivity index (χ3n) is 6.82. The van der Waals surface area contributed by atoms with E-state index in [0.29, 0.717) is 17.8 Å². The van der Waals surface area contributed by atoms with Gasteiger partial charge >= 0.3 is 6.01 Å². The number of rotatable bonds is 9. The molecule has 5 N–H and O–H groups in total. The van der Waals surface area contributed by atoms with Crippen LogP contribution < -0.4 is 16.4 Å². The molecule has 0 aliphatic carbocycles. The van der Waals surface area contributed by atoms with E-state index in [2.05, 4.69) is 54.5 Å². The van der Waals surface area contributed by atoms with Gasteiger partial charge < -0.3 is 26.0 Å². The Morgan fingerprint density at radius 2 is 2.00 bits per heavy atom. The molecule has 2 aromatic rings. The van der Waals surface area contributed by atoms with Crippen molar-refractivity contribution < 1.29 is 9.63 Å². The number of hydrogen-bond donors (Lipinski definition) is 3. The zero-order valence-electron chi connectivity index (χ0n) is 19.9. The lowest BCUT2D eigenvalue weighted by Crippen LogP contribution is -2.35. The molecule has 0 spiro atoms. The van der Waals surface area contributed by atoms with Crippen LogP contribution in [0.3, 0.4) is 0 Å². The van der Waals surface area contributed by atoms with Crippen molar-refractivity contribution in [2.75, 3.05) is 24.6 Å². The van der Waals surface area contributed by atoms with Crippen molar-refractivity contribution >= 4 is 17.8 Å². The molecule has 8 heteroatoms. The van der Waals surface area contributed by atoms with Crippen molar-refractivity contribution in [2.24, 2.45) is 28.3 Å². The highest BCUT2D eigenvalue weighted by atomic mass is 16.5. The van der Waals surface area contributed by atoms with Gasteiger partial charge in [0.15, 0.2) is 5.82 Å². The first-order valence-electron chi connectivity index (χ1n) is 11.5. The lowest BCUT2D eigenvalue weighted by molar-refractivity contribution is 0.238. The maximum absolute atomic E-state index is 9.19. The van der Waals surface area contributed by atoms with Crippen LogP contribution in [0.4, 0.5) is 6.01 Å². The normalized spacial score (nSPS) is 17.6. The lowest BCUT2D eigenvalue weighted by Gasteiger charge is -2.32. The average Bonchev–Trinajstić information content (AvgIpc) is 3.30. The molecule has 1 aliphatic heterocycles. The van der Waals surface area contributed by atoms with Crippen LogP contribution in [-0.4, -0.2) is 41.2 Å². The molecule has 2 heterocycles. The van der Waals surface area contributed by atoms with Crippen LogP contribution in [0.15, 0.2) is 52.4 Å². The summed E-state index contributed by atoms with van der Waals surface area (Å²) in [6.45, 7) is 12.0. The third kappa shape index (κ3) is 5.45. The molecule has 8 nitrogen and oxygen atoms in total. The molecular formula is C25H36N6O2. The quantitative estimate of drug-likeness (QED) is 0.497. The number of nitrogens with zero attached hydrogens (tertiary/aromatic N) is 4. The van der Waals surface area contributed by atoms with E-state index >= 15 is 0 Å². The Balaban J connectivity index is 1.83. The van der Waals surface area contributed by atoms with E-state index in [0.717, 1.165) is 49.1 Å². The molecule has 1 aromatic carbocycles. The maximum atomic E-state index is 9.19. The maximum Gasteiger partial charge on any atom is 0.324 e. The van der Waals surface area contributed by atoms with Gasteiger partial charge in [0.2, 0.25) is 0 Å². The van der Waals surface area contributed by atoms with Crippen LogP contribution in [0, 0.1) is 11.8 Å². The van der Waals surface area contributed by atoms with Gasteiger partial charge in [-0.2, -0.15) is 4.98 Å². The van der Waals surface area contributed by atoms with Crippen LogP contribution in [0.2, 0.25) is 0 Å². The van der Waals surface area contributed by atoms with Gasteiger partial charge in [-0.1, -0.05) is 49.8 Å². The van der Waals surface area contributed by atoms with Crippen LogP contribution in [0.25, 0.3) is 5.57 Å². The number of hydrogen-bond acceptors (Lipinski definition) is 8. The molecule has 1 aromatic heterocycles. The van der Waals surface area contributed by atoms with Crippen LogP contribution in [0.5, 0.6) is 0 Å². The second-order valence-corrected chi connectivity index (χ2v) is 9.15. The van der Waals surface area contributed by atoms with Gasteiger partial charge in [0.05, 0.1) is 5.41 Å². The molecular weight excluding hydrogens is 416 g/mol. The molecule has 0 saturated carbocycles. The van der Waals surface area contributed by atoms with Crippen molar-refractivity contribution in [1.82, 2.24) is 10.1 Å². The Morgan fingerprint density at radius 3 is 2.55 bits per heavy atom. The molecule has 1 unspecified atom stereocenters. The van der Waals surface area contributed by atoms with Gasteiger partial charge in [-0.25, -0.2) is 4.99 Å². The first kappa shape index (κ1) is 24.5. The van der Waals surface area contributed by atoms with E-state index < -0.39 is 5.41 Å². The Hall–Kier alpha value is -3.13. The molecule has 1 aliphatic rings. The second kappa shape index (κ2) is 10.7. The van der Waals surface area contributed by atoms with Gasteiger partial charge in [0.25, 0.3) is 0 Å². The number of aliphatic imine (C=N–C) groups is 1. The summed E-state index contributed by atoms with van der Waals surface area (Å²) in [6, 6.07) is 8.73. The number of allylic oxidation sites excluding steroid dienone is 1. The van der Waals surface area contributed by atoms with E-state index in [1.165, 1.54) is 6.20 Å². The fourth-order valence-corrected chi connectivity index (χ4v) is 4.25. The highest BCUT2D eigenvalue weighted by Gasteiger charge is 2.38. The minimum atomic E-state index is -0.429. The average molecular weight is 453 g/mol. The molecule has 1 saturated heterocycles. The van der Waals surface area contributed by atoms with Crippen LogP contribution in [-0.2, 0) is 5.41 Å². The molecule has 0 amide bonds. The summed E-state index contributed by atoms with van der Waals surface area (Å²) in [7, 11) is 0. The van der Waals surface area contributed by atoms with Crippen molar-refractivity contribution in [3.63, 3.8) is 0 Å². The predicted molar refractivity (Wildman–Crippen MR) is 133 cm³/mol. The van der Waals surface area contributed by atoms with Crippen LogP contribution in [0.1, 0.15) is 57.0 Å². The highest BCUT2D eigenvalue weighted by Crippen LogP contribution is 2.38. The highest BCUT2D eigenvalue weighted by molar-refractivity contribution is 6.09. The molecule has 178 valence electrons. The molecule has 1 atom stereocenters. The van der Waals surface area contributed by atoms with Gasteiger partial charge in [-0.05, 0) is 49.1 Å². The number of anilines is 1. The van der Waals surface area contributed by atoms with Crippen LogP contribution >= 0.6 is 0 Å². The van der Waals surface area contributed by atoms with Gasteiger partial charge in [-0.15, -0.1) is 0 Å². The SMILES string of the molecule is C=C(N)/N=C\C(=C/N)c1ccc(C(C)(c2noc(N3CCC(CCO)CC3)n2)C(C)C)cc1. The van der Waals surface area contributed by atoms with Gasteiger partial charge in [-0.3, -0.25) is 0 Å². The Labute approximate surface area is 196 Å². The lowest BCUT2D eigenvalue weighted by atomic mass is 9.72. The summed E-state index contributed by atoms with van der Waals surface area (Å²) in [5.74, 6) is 1.70. The monoisotopic (exact) mass is 452 g/mol. The van der Waals surface area contributed by atoms with E-state index in [1.54, 1.807) is 6.21 Å². The van der Waals surface area contributed by atoms with Crippen molar-refractivity contribution in [1.29, 1.82) is 0 Å². The smallest absolute Gasteiger partial charge is 0.324 e. The number of aromatic nitrogens is 2. The largest absolute Gasteiger partial charge is 0.404 e. The zero-order chi connectivity index (χ0) is 24.0. The van der Waals surface area contributed by atoms with Crippen molar-refractivity contribution in [3.8, 4) is 0 Å². The zero-order valence-corrected chi connectivity index (χ0v) is 19.9. The fraction of sp³-hybridized carbons (Fsp3) is 0.480. The summed E-state index contributed by atoms with van der Waals surface area (Å²) in [6.07, 6.45) is 6.02. The van der Waals surface area contributed by atoms with Gasteiger partial charge in [0, 0.05) is 37.7 Å². The van der Waals surface area contributed by atoms with E-state index in [4.69, 9.17) is 21.0 Å². The Morgan fingerprint density at radius 1 is 1.33 bits per heavy atom. The topological polar surface area (TPSA) is 127 Å². The molecule has 0 bridgehead atoms. The van der Waals surface area contributed by atoms with E-state index in [1.807, 2.05) is 12.1 Å². The second-order valence-electron chi connectivity index (χ2n) is 9.15. The Bertz CT molecular complexity index is 987. The first-order chi connectivity index (χ1) is 15.8.